The lowest BCUT2D eigenvalue weighted by molar-refractivity contribution is 0.495. The Morgan fingerprint density at radius 2 is 1.78 bits per heavy atom. The van der Waals surface area contributed by atoms with Gasteiger partial charge in [-0.25, -0.2) is 13.2 Å². The number of benzene rings is 1. The zero-order valence-electron chi connectivity index (χ0n) is 5.29. The maximum atomic E-state index is 12.2. The van der Waals surface area contributed by atoms with Gasteiger partial charge in [-0.2, -0.15) is 0 Å². The van der Waals surface area contributed by atoms with E-state index in [-0.39, 0.29) is 0 Å². The highest BCUT2D eigenvalue weighted by atomic mass is 19.2. The first-order valence-electron chi connectivity index (χ1n) is 2.73. The summed E-state index contributed by atoms with van der Waals surface area (Å²) in [5, 5.41) is 0. The molecule has 0 bridgehead atoms. The molecule has 0 aliphatic rings. The van der Waals surface area contributed by atoms with Crippen LogP contribution in [0.1, 0.15) is 1.37 Å². The maximum absolute atomic E-state index is 12.2. The summed E-state index contributed by atoms with van der Waals surface area (Å²) in [5.41, 5.74) is 0. The smallest absolute Gasteiger partial charge is 0.161 e. The lowest BCUT2D eigenvalue weighted by Gasteiger charge is -1.88. The van der Waals surface area contributed by atoms with Gasteiger partial charge in [0, 0.05) is 6.04 Å². The number of hydrogen-bond donors (Lipinski definition) is 0. The molecule has 0 spiro atoms. The molecule has 0 N–H and O–H groups in total. The van der Waals surface area contributed by atoms with Crippen molar-refractivity contribution in [3.63, 3.8) is 0 Å². The van der Waals surface area contributed by atoms with Crippen molar-refractivity contribution >= 4 is 0 Å². The van der Waals surface area contributed by atoms with Crippen LogP contribution < -0.4 is 0 Å². The Kier molecular flexibility index (Phi) is 1.13. The summed E-state index contributed by atoms with van der Waals surface area (Å²) in [4.78, 5) is 0. The van der Waals surface area contributed by atoms with Crippen LogP contribution in [0.2, 0.25) is 0 Å². The van der Waals surface area contributed by atoms with Gasteiger partial charge in [0.2, 0.25) is 0 Å². The van der Waals surface area contributed by atoms with E-state index in [0.717, 1.165) is 0 Å². The van der Waals surface area contributed by atoms with Crippen molar-refractivity contribution in [2.75, 3.05) is 0 Å². The van der Waals surface area contributed by atoms with Crippen LogP contribution in [0.25, 0.3) is 0 Å². The topological polar surface area (TPSA) is 0 Å². The minimum atomic E-state index is -1.44. The first-order valence-corrected chi connectivity index (χ1v) is 2.23. The molecule has 1 aromatic carbocycles. The molecule has 0 amide bonds. The third-order valence-corrected chi connectivity index (χ3v) is 0.815. The van der Waals surface area contributed by atoms with Gasteiger partial charge in [-0.1, -0.05) is 0 Å². The Balaban J connectivity index is 3.34. The third kappa shape index (κ3) is 1.22. The molecule has 48 valence electrons. The Morgan fingerprint density at radius 3 is 2.33 bits per heavy atom. The lowest BCUT2D eigenvalue weighted by atomic mass is 10.3. The number of hydrogen-bond acceptors (Lipinski definition) is 0. The molecule has 3 heteroatoms. The molecule has 0 unspecified atom stereocenters. The van der Waals surface area contributed by atoms with Gasteiger partial charge in [-0.15, -0.1) is 0 Å². The zero-order chi connectivity index (χ0) is 7.72. The molecule has 0 saturated carbocycles. The van der Waals surface area contributed by atoms with Gasteiger partial charge in [0.1, 0.15) is 5.82 Å². The summed E-state index contributed by atoms with van der Waals surface area (Å²) in [7, 11) is 0. The van der Waals surface area contributed by atoms with Gasteiger partial charge >= 0.3 is 0 Å². The quantitative estimate of drug-likeness (QED) is 0.475. The van der Waals surface area contributed by atoms with Crippen LogP contribution in [0.15, 0.2) is 18.2 Å². The van der Waals surface area contributed by atoms with Crippen LogP contribution in [0.3, 0.4) is 0 Å². The second-order valence-electron chi connectivity index (χ2n) is 1.47. The number of halogens is 3. The summed E-state index contributed by atoms with van der Waals surface area (Å²) < 4.78 is 43.0. The van der Waals surface area contributed by atoms with E-state index in [9.17, 15) is 13.2 Å². The van der Waals surface area contributed by atoms with Gasteiger partial charge in [-0.3, -0.25) is 0 Å². The van der Waals surface area contributed by atoms with E-state index in [1.807, 2.05) is 0 Å². The number of rotatable bonds is 0. The van der Waals surface area contributed by atoms with Crippen LogP contribution in [0, 0.1) is 17.5 Å². The summed E-state index contributed by atoms with van der Waals surface area (Å²) in [6, 6.07) is 0.323. The van der Waals surface area contributed by atoms with Gasteiger partial charge in [-0.05, 0) is 12.1 Å². The van der Waals surface area contributed by atoms with E-state index >= 15 is 0 Å². The van der Waals surface area contributed by atoms with Crippen molar-refractivity contribution in [3.05, 3.63) is 35.6 Å². The highest BCUT2D eigenvalue weighted by molar-refractivity contribution is 5.07. The Morgan fingerprint density at radius 1 is 1.11 bits per heavy atom. The van der Waals surface area contributed by atoms with Gasteiger partial charge < -0.3 is 0 Å². The molecule has 0 aliphatic carbocycles. The van der Waals surface area contributed by atoms with E-state index in [1.54, 1.807) is 0 Å². The van der Waals surface area contributed by atoms with E-state index in [4.69, 9.17) is 1.37 Å². The average Bonchev–Trinajstić information content (AvgIpc) is 1.93. The van der Waals surface area contributed by atoms with Crippen molar-refractivity contribution < 1.29 is 14.5 Å². The Hall–Kier alpha value is -0.990. The van der Waals surface area contributed by atoms with Crippen LogP contribution >= 0.6 is 0 Å². The van der Waals surface area contributed by atoms with Crippen LogP contribution in [0.5, 0.6) is 0 Å². The van der Waals surface area contributed by atoms with E-state index < -0.39 is 23.5 Å². The fourth-order valence-electron chi connectivity index (χ4n) is 0.426. The predicted octanol–water partition coefficient (Wildman–Crippen LogP) is 2.10. The largest absolute Gasteiger partial charge is 0.207 e. The summed E-state index contributed by atoms with van der Waals surface area (Å²) in [6.07, 6.45) is 0. The SMILES string of the molecule is [2H]c1c(F)ccc(F)c1F. The lowest BCUT2D eigenvalue weighted by Crippen LogP contribution is -1.83. The monoisotopic (exact) mass is 133 g/mol. The fraction of sp³-hybridized carbons (Fsp3) is 0. The first-order chi connectivity index (χ1) is 4.63. The second-order valence-corrected chi connectivity index (χ2v) is 1.47. The first kappa shape index (κ1) is 4.85. The molecule has 0 radical (unpaired) electrons. The Bertz CT molecular complexity index is 232. The molecular formula is C6H3F3. The van der Waals surface area contributed by atoms with Crippen molar-refractivity contribution in [2.24, 2.45) is 0 Å². The summed E-state index contributed by atoms with van der Waals surface area (Å²) in [5.74, 6) is -3.70. The molecule has 9 heavy (non-hydrogen) atoms. The highest BCUT2D eigenvalue weighted by Gasteiger charge is 1.99. The van der Waals surface area contributed by atoms with Crippen LogP contribution in [-0.2, 0) is 0 Å². The molecule has 0 nitrogen and oxygen atoms in total. The normalized spacial score (nSPS) is 11.2. The molecule has 1 aromatic rings. The van der Waals surface area contributed by atoms with Gasteiger partial charge in [0.25, 0.3) is 0 Å². The predicted molar refractivity (Wildman–Crippen MR) is 26.3 cm³/mol. The molecule has 0 aliphatic heterocycles. The van der Waals surface area contributed by atoms with Crippen molar-refractivity contribution in [2.45, 2.75) is 0 Å². The van der Waals surface area contributed by atoms with E-state index in [1.165, 1.54) is 0 Å². The summed E-state index contributed by atoms with van der Waals surface area (Å²) >= 11 is 0. The second kappa shape index (κ2) is 2.09. The minimum Gasteiger partial charge on any atom is -0.207 e. The van der Waals surface area contributed by atoms with Gasteiger partial charge in [0.15, 0.2) is 11.6 Å². The minimum absolute atomic E-state index is 0.642. The molecule has 1 rings (SSSR count). The van der Waals surface area contributed by atoms with Crippen molar-refractivity contribution in [1.82, 2.24) is 0 Å². The Labute approximate surface area is 51.3 Å². The third-order valence-electron chi connectivity index (χ3n) is 0.815. The van der Waals surface area contributed by atoms with Crippen LogP contribution in [0.4, 0.5) is 13.2 Å². The molecule has 0 atom stereocenters. The average molecular weight is 133 g/mol. The molecular weight excluding hydrogens is 129 g/mol. The van der Waals surface area contributed by atoms with Crippen molar-refractivity contribution in [3.8, 4) is 0 Å². The molecule has 0 fully saturated rings. The maximum Gasteiger partial charge on any atom is 0.161 e. The standard InChI is InChI=1S/C6H3F3/c7-4-1-2-5(8)6(9)3-4/h1-3H/i3D. The summed E-state index contributed by atoms with van der Waals surface area (Å²) in [6.45, 7) is 0. The zero-order valence-corrected chi connectivity index (χ0v) is 4.29. The highest BCUT2D eigenvalue weighted by Crippen LogP contribution is 2.05. The fourth-order valence-corrected chi connectivity index (χ4v) is 0.426. The van der Waals surface area contributed by atoms with Gasteiger partial charge in [0.05, 0.1) is 1.37 Å². The van der Waals surface area contributed by atoms with E-state index in [0.29, 0.717) is 12.1 Å². The van der Waals surface area contributed by atoms with Crippen molar-refractivity contribution in [1.29, 1.82) is 0 Å². The van der Waals surface area contributed by atoms with Crippen LogP contribution in [-0.4, -0.2) is 0 Å². The molecule has 0 saturated heterocycles. The van der Waals surface area contributed by atoms with E-state index in [2.05, 4.69) is 0 Å². The molecule has 0 aromatic heterocycles. The molecule has 0 heterocycles.